The van der Waals surface area contributed by atoms with Gasteiger partial charge in [-0.1, -0.05) is 19.8 Å². The van der Waals surface area contributed by atoms with E-state index < -0.39 is 0 Å². The fraction of sp³-hybridized carbons (Fsp3) is 0.467. The molecule has 0 aliphatic heterocycles. The van der Waals surface area contributed by atoms with E-state index in [1.54, 1.807) is 31.2 Å². The molecule has 0 bridgehead atoms. The first-order valence-electron chi connectivity index (χ1n) is 6.63. The van der Waals surface area contributed by atoms with Crippen molar-refractivity contribution in [2.24, 2.45) is 0 Å². The largest absolute Gasteiger partial charge is 0.462 e. The molecule has 0 aromatic heterocycles. The molecule has 0 radical (unpaired) electrons. The van der Waals surface area contributed by atoms with Gasteiger partial charge in [-0.2, -0.15) is 0 Å². The average molecular weight is 264 g/mol. The Balaban J connectivity index is 2.51. The second-order valence-electron chi connectivity index (χ2n) is 4.14. The fourth-order valence-corrected chi connectivity index (χ4v) is 1.56. The van der Waals surface area contributed by atoms with Crippen LogP contribution in [0.25, 0.3) is 0 Å². The first-order valence-corrected chi connectivity index (χ1v) is 6.63. The van der Waals surface area contributed by atoms with E-state index >= 15 is 0 Å². The maximum atomic E-state index is 11.7. The molecule has 0 saturated carbocycles. The molecule has 19 heavy (non-hydrogen) atoms. The minimum atomic E-state index is -0.384. The summed E-state index contributed by atoms with van der Waals surface area (Å²) < 4.78 is 9.99. The van der Waals surface area contributed by atoms with E-state index in [1.165, 1.54) is 0 Å². The van der Waals surface area contributed by atoms with Gasteiger partial charge in [-0.25, -0.2) is 9.59 Å². The molecular weight excluding hydrogens is 244 g/mol. The smallest absolute Gasteiger partial charge is 0.338 e. The van der Waals surface area contributed by atoms with E-state index in [9.17, 15) is 9.59 Å². The Kier molecular flexibility index (Phi) is 6.64. The molecule has 0 aliphatic rings. The van der Waals surface area contributed by atoms with Crippen molar-refractivity contribution >= 4 is 11.9 Å². The van der Waals surface area contributed by atoms with Crippen LogP contribution in [0.3, 0.4) is 0 Å². The minimum Gasteiger partial charge on any atom is -0.462 e. The van der Waals surface area contributed by atoms with Crippen LogP contribution in [-0.4, -0.2) is 25.2 Å². The fourth-order valence-electron chi connectivity index (χ4n) is 1.56. The van der Waals surface area contributed by atoms with Crippen molar-refractivity contribution in [3.63, 3.8) is 0 Å². The van der Waals surface area contributed by atoms with Gasteiger partial charge in [-0.05, 0) is 37.6 Å². The van der Waals surface area contributed by atoms with Gasteiger partial charge in [0.25, 0.3) is 0 Å². The normalized spacial score (nSPS) is 10.0. The Morgan fingerprint density at radius 2 is 1.42 bits per heavy atom. The van der Waals surface area contributed by atoms with E-state index in [2.05, 4.69) is 6.92 Å². The molecule has 104 valence electrons. The molecule has 0 spiro atoms. The van der Waals surface area contributed by atoms with Crippen LogP contribution in [0.5, 0.6) is 0 Å². The van der Waals surface area contributed by atoms with Gasteiger partial charge in [0, 0.05) is 0 Å². The van der Waals surface area contributed by atoms with Crippen LogP contribution in [0.2, 0.25) is 0 Å². The summed E-state index contributed by atoms with van der Waals surface area (Å²) >= 11 is 0. The number of hydrogen-bond acceptors (Lipinski definition) is 4. The second-order valence-corrected chi connectivity index (χ2v) is 4.14. The molecule has 1 aromatic rings. The Hall–Kier alpha value is -1.84. The van der Waals surface area contributed by atoms with Crippen LogP contribution in [0.4, 0.5) is 0 Å². The lowest BCUT2D eigenvalue weighted by molar-refractivity contribution is 0.0492. The number of unbranched alkanes of at least 4 members (excludes halogenated alkanes) is 2. The summed E-state index contributed by atoms with van der Waals surface area (Å²) in [4.78, 5) is 23.1. The average Bonchev–Trinajstić information content (AvgIpc) is 2.44. The lowest BCUT2D eigenvalue weighted by Crippen LogP contribution is -2.08. The molecule has 4 heteroatoms. The van der Waals surface area contributed by atoms with Crippen LogP contribution in [0, 0.1) is 0 Å². The van der Waals surface area contributed by atoms with Crippen LogP contribution in [0.15, 0.2) is 24.3 Å². The van der Waals surface area contributed by atoms with E-state index in [0.717, 1.165) is 19.3 Å². The summed E-state index contributed by atoms with van der Waals surface area (Å²) in [5, 5.41) is 0. The third-order valence-corrected chi connectivity index (χ3v) is 2.61. The van der Waals surface area contributed by atoms with Crippen molar-refractivity contribution in [3.05, 3.63) is 35.4 Å². The Morgan fingerprint density at radius 3 is 1.89 bits per heavy atom. The Labute approximate surface area is 113 Å². The number of benzene rings is 1. The molecule has 1 aromatic carbocycles. The number of rotatable bonds is 7. The third kappa shape index (κ3) is 5.12. The number of carbonyl (C=O) groups excluding carboxylic acids is 2. The zero-order valence-electron chi connectivity index (χ0n) is 11.5. The Morgan fingerprint density at radius 1 is 0.895 bits per heavy atom. The summed E-state index contributed by atoms with van der Waals surface area (Å²) in [6.07, 6.45) is 3.02. The van der Waals surface area contributed by atoms with E-state index in [-0.39, 0.29) is 11.9 Å². The summed E-state index contributed by atoms with van der Waals surface area (Å²) in [7, 11) is 0. The maximum absolute atomic E-state index is 11.7. The highest BCUT2D eigenvalue weighted by molar-refractivity contribution is 5.93. The zero-order chi connectivity index (χ0) is 14.1. The lowest BCUT2D eigenvalue weighted by atomic mass is 10.1. The molecule has 1 rings (SSSR count). The number of esters is 2. The summed E-state index contributed by atoms with van der Waals surface area (Å²) in [5.74, 6) is -0.739. The summed E-state index contributed by atoms with van der Waals surface area (Å²) in [6, 6.07) is 6.30. The molecule has 0 N–H and O–H groups in total. The molecular formula is C15H20O4. The quantitative estimate of drug-likeness (QED) is 0.560. The van der Waals surface area contributed by atoms with Gasteiger partial charge in [0.2, 0.25) is 0 Å². The summed E-state index contributed by atoms with van der Waals surface area (Å²) in [5.41, 5.74) is 0.883. The number of ether oxygens (including phenoxy) is 2. The van der Waals surface area contributed by atoms with Crippen molar-refractivity contribution in [3.8, 4) is 0 Å². The zero-order valence-corrected chi connectivity index (χ0v) is 11.5. The topological polar surface area (TPSA) is 52.6 Å². The van der Waals surface area contributed by atoms with Gasteiger partial charge in [-0.3, -0.25) is 0 Å². The standard InChI is InChI=1S/C15H20O4/c1-3-5-6-11-19-15(17)13-9-7-12(8-10-13)14(16)18-4-2/h7-10H,3-6,11H2,1-2H3. The first-order chi connectivity index (χ1) is 9.19. The maximum Gasteiger partial charge on any atom is 0.338 e. The van der Waals surface area contributed by atoms with Crippen molar-refractivity contribution in [2.45, 2.75) is 33.1 Å². The number of carbonyl (C=O) groups is 2. The highest BCUT2D eigenvalue weighted by atomic mass is 16.5. The SMILES string of the molecule is CCCCCOC(=O)c1ccc(C(=O)OCC)cc1. The molecule has 0 atom stereocenters. The molecule has 0 aliphatic carbocycles. The highest BCUT2D eigenvalue weighted by Crippen LogP contribution is 2.08. The van der Waals surface area contributed by atoms with Gasteiger partial charge in [0.15, 0.2) is 0 Å². The van der Waals surface area contributed by atoms with Gasteiger partial charge in [-0.15, -0.1) is 0 Å². The van der Waals surface area contributed by atoms with E-state index in [4.69, 9.17) is 9.47 Å². The molecule has 0 heterocycles. The lowest BCUT2D eigenvalue weighted by Gasteiger charge is -2.05. The van der Waals surface area contributed by atoms with Crippen LogP contribution < -0.4 is 0 Å². The molecule has 0 amide bonds. The van der Waals surface area contributed by atoms with Crippen molar-refractivity contribution < 1.29 is 19.1 Å². The van der Waals surface area contributed by atoms with Gasteiger partial charge in [0.1, 0.15) is 0 Å². The van der Waals surface area contributed by atoms with Gasteiger partial charge in [0.05, 0.1) is 24.3 Å². The van der Waals surface area contributed by atoms with E-state index in [1.807, 2.05) is 0 Å². The Bertz CT molecular complexity index is 409. The van der Waals surface area contributed by atoms with Crippen LogP contribution in [0.1, 0.15) is 53.8 Å². The van der Waals surface area contributed by atoms with Gasteiger partial charge >= 0.3 is 11.9 Å². The predicted octanol–water partition coefficient (Wildman–Crippen LogP) is 3.21. The van der Waals surface area contributed by atoms with Crippen molar-refractivity contribution in [2.75, 3.05) is 13.2 Å². The molecule has 0 unspecified atom stereocenters. The van der Waals surface area contributed by atoms with Crippen molar-refractivity contribution in [1.29, 1.82) is 0 Å². The molecule has 4 nitrogen and oxygen atoms in total. The summed E-state index contributed by atoms with van der Waals surface area (Å²) in [6.45, 7) is 4.61. The van der Waals surface area contributed by atoms with E-state index in [0.29, 0.717) is 24.3 Å². The molecule has 0 fully saturated rings. The number of hydrogen-bond donors (Lipinski definition) is 0. The first kappa shape index (κ1) is 15.2. The van der Waals surface area contributed by atoms with Crippen LogP contribution in [-0.2, 0) is 9.47 Å². The van der Waals surface area contributed by atoms with Crippen LogP contribution >= 0.6 is 0 Å². The monoisotopic (exact) mass is 264 g/mol. The van der Waals surface area contributed by atoms with Gasteiger partial charge < -0.3 is 9.47 Å². The predicted molar refractivity (Wildman–Crippen MR) is 72.2 cm³/mol. The molecule has 0 saturated heterocycles. The minimum absolute atomic E-state index is 0.333. The third-order valence-electron chi connectivity index (χ3n) is 2.61. The second kappa shape index (κ2) is 8.29. The highest BCUT2D eigenvalue weighted by Gasteiger charge is 2.10. The van der Waals surface area contributed by atoms with Crippen molar-refractivity contribution in [1.82, 2.24) is 0 Å².